The Kier molecular flexibility index (Phi) is 5.66. The van der Waals surface area contributed by atoms with E-state index >= 15 is 0 Å². The zero-order valence-electron chi connectivity index (χ0n) is 15.8. The number of pyridine rings is 1. The van der Waals surface area contributed by atoms with Gasteiger partial charge in [0.1, 0.15) is 10.7 Å². The standard InChI is InChI=1S/C20H16N6O3S/c1-29-20(28)13-5-7-14(8-6-13)22-17(27)12-30-18-10-9-16-23-24-19(26(16)25-18)15-4-2-3-11-21-15/h2-11H,12H2,1H3,(H,22,27). The summed E-state index contributed by atoms with van der Waals surface area (Å²) < 4.78 is 6.26. The molecule has 1 N–H and O–H groups in total. The van der Waals surface area contributed by atoms with Gasteiger partial charge in [0, 0.05) is 11.9 Å². The lowest BCUT2D eigenvalue weighted by Gasteiger charge is -2.06. The van der Waals surface area contributed by atoms with Crippen molar-refractivity contribution in [2.24, 2.45) is 0 Å². The number of carbonyl (C=O) groups is 2. The van der Waals surface area contributed by atoms with Gasteiger partial charge in [-0.25, -0.2) is 4.79 Å². The van der Waals surface area contributed by atoms with E-state index in [-0.39, 0.29) is 11.7 Å². The molecule has 9 nitrogen and oxygen atoms in total. The summed E-state index contributed by atoms with van der Waals surface area (Å²) in [6.07, 6.45) is 1.68. The number of rotatable bonds is 6. The summed E-state index contributed by atoms with van der Waals surface area (Å²) in [6, 6.07) is 15.6. The molecule has 30 heavy (non-hydrogen) atoms. The van der Waals surface area contributed by atoms with Crippen molar-refractivity contribution in [3.05, 3.63) is 66.4 Å². The summed E-state index contributed by atoms with van der Waals surface area (Å²) in [5, 5.41) is 16.2. The van der Waals surface area contributed by atoms with Gasteiger partial charge in [0.25, 0.3) is 0 Å². The van der Waals surface area contributed by atoms with Crippen LogP contribution in [0, 0.1) is 0 Å². The summed E-state index contributed by atoms with van der Waals surface area (Å²) >= 11 is 1.29. The number of hydrogen-bond acceptors (Lipinski definition) is 8. The number of methoxy groups -OCH3 is 1. The van der Waals surface area contributed by atoms with Crippen molar-refractivity contribution in [3.63, 3.8) is 0 Å². The van der Waals surface area contributed by atoms with E-state index in [1.807, 2.05) is 18.2 Å². The van der Waals surface area contributed by atoms with Gasteiger partial charge in [0.2, 0.25) is 11.7 Å². The molecule has 150 valence electrons. The van der Waals surface area contributed by atoms with Crippen LogP contribution >= 0.6 is 11.8 Å². The van der Waals surface area contributed by atoms with Crippen molar-refractivity contribution < 1.29 is 14.3 Å². The number of nitrogens with zero attached hydrogens (tertiary/aromatic N) is 5. The molecular formula is C20H16N6O3S. The van der Waals surface area contributed by atoms with E-state index in [0.29, 0.717) is 33.4 Å². The van der Waals surface area contributed by atoms with E-state index in [9.17, 15) is 9.59 Å². The zero-order chi connectivity index (χ0) is 20.9. The Labute approximate surface area is 175 Å². The molecule has 0 saturated carbocycles. The molecule has 4 aromatic rings. The van der Waals surface area contributed by atoms with E-state index < -0.39 is 5.97 Å². The maximum atomic E-state index is 12.3. The molecule has 0 unspecified atom stereocenters. The Morgan fingerprint density at radius 1 is 1.07 bits per heavy atom. The van der Waals surface area contributed by atoms with Gasteiger partial charge in [-0.15, -0.1) is 10.2 Å². The van der Waals surface area contributed by atoms with Crippen LogP contribution in [0.4, 0.5) is 5.69 Å². The first-order valence-electron chi connectivity index (χ1n) is 8.89. The number of hydrogen-bond donors (Lipinski definition) is 1. The number of ether oxygens (including phenoxy) is 1. The van der Waals surface area contributed by atoms with E-state index in [2.05, 4.69) is 30.3 Å². The maximum Gasteiger partial charge on any atom is 0.337 e. The normalized spacial score (nSPS) is 10.7. The van der Waals surface area contributed by atoms with Crippen LogP contribution in [0.2, 0.25) is 0 Å². The van der Waals surface area contributed by atoms with Gasteiger partial charge in [-0.05, 0) is 48.5 Å². The molecule has 0 bridgehead atoms. The van der Waals surface area contributed by atoms with Gasteiger partial charge in [-0.3, -0.25) is 9.78 Å². The highest BCUT2D eigenvalue weighted by molar-refractivity contribution is 7.99. The summed E-state index contributed by atoms with van der Waals surface area (Å²) in [6.45, 7) is 0. The molecule has 1 aromatic carbocycles. The third-order valence-corrected chi connectivity index (χ3v) is 4.99. The Morgan fingerprint density at radius 2 is 1.90 bits per heavy atom. The van der Waals surface area contributed by atoms with Crippen molar-refractivity contribution in [2.75, 3.05) is 18.2 Å². The predicted octanol–water partition coefficient (Wildman–Crippen LogP) is 2.70. The number of anilines is 1. The average molecular weight is 420 g/mol. The molecule has 0 atom stereocenters. The van der Waals surface area contributed by atoms with Crippen LogP contribution in [-0.2, 0) is 9.53 Å². The first-order valence-corrected chi connectivity index (χ1v) is 9.87. The van der Waals surface area contributed by atoms with Crippen molar-refractivity contribution in [3.8, 4) is 11.5 Å². The first kappa shape index (κ1) is 19.5. The number of carbonyl (C=O) groups excluding carboxylic acids is 2. The van der Waals surface area contributed by atoms with E-state index in [0.717, 1.165) is 0 Å². The molecule has 3 aromatic heterocycles. The van der Waals surface area contributed by atoms with Gasteiger partial charge >= 0.3 is 5.97 Å². The zero-order valence-corrected chi connectivity index (χ0v) is 16.7. The lowest BCUT2D eigenvalue weighted by molar-refractivity contribution is -0.113. The third kappa shape index (κ3) is 4.28. The predicted molar refractivity (Wildman–Crippen MR) is 111 cm³/mol. The molecule has 0 aliphatic rings. The molecule has 3 heterocycles. The Bertz CT molecular complexity index is 1190. The fourth-order valence-corrected chi connectivity index (χ4v) is 3.30. The van der Waals surface area contributed by atoms with Crippen LogP contribution in [0.3, 0.4) is 0 Å². The monoisotopic (exact) mass is 420 g/mol. The molecule has 0 spiro atoms. The van der Waals surface area contributed by atoms with Gasteiger partial charge in [0.05, 0.1) is 18.4 Å². The van der Waals surface area contributed by atoms with Crippen LogP contribution in [0.15, 0.2) is 65.8 Å². The second kappa shape index (κ2) is 8.70. The molecule has 4 rings (SSSR count). The Morgan fingerprint density at radius 3 is 2.63 bits per heavy atom. The lowest BCUT2D eigenvalue weighted by atomic mass is 10.2. The van der Waals surface area contributed by atoms with E-state index in [4.69, 9.17) is 0 Å². The number of fused-ring (bicyclic) bond motifs is 1. The van der Waals surface area contributed by atoms with Crippen molar-refractivity contribution in [1.29, 1.82) is 0 Å². The fourth-order valence-electron chi connectivity index (χ4n) is 2.65. The highest BCUT2D eigenvalue weighted by Crippen LogP contribution is 2.20. The molecule has 10 heteroatoms. The van der Waals surface area contributed by atoms with Crippen LogP contribution < -0.4 is 5.32 Å². The van der Waals surface area contributed by atoms with Gasteiger partial charge in [-0.1, -0.05) is 17.8 Å². The van der Waals surface area contributed by atoms with Crippen LogP contribution in [0.25, 0.3) is 17.2 Å². The Balaban J connectivity index is 1.42. The number of thioether (sulfide) groups is 1. The number of benzene rings is 1. The molecule has 0 saturated heterocycles. The highest BCUT2D eigenvalue weighted by Gasteiger charge is 2.12. The van der Waals surface area contributed by atoms with Gasteiger partial charge in [-0.2, -0.15) is 9.61 Å². The summed E-state index contributed by atoms with van der Waals surface area (Å²) in [5.41, 5.74) is 2.26. The number of aromatic nitrogens is 5. The lowest BCUT2D eigenvalue weighted by Crippen LogP contribution is -2.14. The second-order valence-corrected chi connectivity index (χ2v) is 7.08. The van der Waals surface area contributed by atoms with E-state index in [1.165, 1.54) is 18.9 Å². The minimum Gasteiger partial charge on any atom is -0.465 e. The van der Waals surface area contributed by atoms with Gasteiger partial charge < -0.3 is 10.1 Å². The first-order chi connectivity index (χ1) is 14.6. The quantitative estimate of drug-likeness (QED) is 0.374. The van der Waals surface area contributed by atoms with Crippen molar-refractivity contribution >= 4 is 35.0 Å². The maximum absolute atomic E-state index is 12.3. The Hall–Kier alpha value is -3.79. The SMILES string of the molecule is COC(=O)c1ccc(NC(=O)CSc2ccc3nnc(-c4ccccn4)n3n2)cc1. The third-order valence-electron chi connectivity index (χ3n) is 4.07. The van der Waals surface area contributed by atoms with Crippen LogP contribution in [0.5, 0.6) is 0 Å². The molecule has 0 fully saturated rings. The number of esters is 1. The average Bonchev–Trinajstić information content (AvgIpc) is 3.21. The van der Waals surface area contributed by atoms with Crippen molar-refractivity contribution in [2.45, 2.75) is 5.03 Å². The molecule has 0 aliphatic heterocycles. The highest BCUT2D eigenvalue weighted by atomic mass is 32.2. The topological polar surface area (TPSA) is 111 Å². The molecule has 0 radical (unpaired) electrons. The minimum atomic E-state index is -0.427. The van der Waals surface area contributed by atoms with Crippen molar-refractivity contribution in [1.82, 2.24) is 24.8 Å². The number of amides is 1. The molecular weight excluding hydrogens is 404 g/mol. The number of nitrogens with one attached hydrogen (secondary N) is 1. The van der Waals surface area contributed by atoms with E-state index in [1.54, 1.807) is 47.1 Å². The van der Waals surface area contributed by atoms with Gasteiger partial charge in [0.15, 0.2) is 5.65 Å². The van der Waals surface area contributed by atoms with Crippen LogP contribution in [0.1, 0.15) is 10.4 Å². The molecule has 0 aliphatic carbocycles. The minimum absolute atomic E-state index is 0.165. The summed E-state index contributed by atoms with van der Waals surface area (Å²) in [4.78, 5) is 28.0. The second-order valence-electron chi connectivity index (χ2n) is 6.09. The smallest absolute Gasteiger partial charge is 0.337 e. The largest absolute Gasteiger partial charge is 0.465 e. The summed E-state index contributed by atoms with van der Waals surface area (Å²) in [7, 11) is 1.32. The fraction of sp³-hybridized carbons (Fsp3) is 0.100. The summed E-state index contributed by atoms with van der Waals surface area (Å²) in [5.74, 6) is 0.0757. The van der Waals surface area contributed by atoms with Crippen LogP contribution in [-0.4, -0.2) is 49.5 Å². The molecule has 1 amide bonds.